The van der Waals surface area contributed by atoms with Crippen LogP contribution < -0.4 is 9.04 Å². The molecule has 2 heterocycles. The smallest absolute Gasteiger partial charge is 0.269 e. The van der Waals surface area contributed by atoms with Crippen LogP contribution >= 0.6 is 23.2 Å². The number of sulfonamides is 1. The quantitative estimate of drug-likeness (QED) is 0.432. The molecule has 0 radical (unpaired) electrons. The van der Waals surface area contributed by atoms with Crippen molar-refractivity contribution in [1.29, 1.82) is 0 Å². The van der Waals surface area contributed by atoms with Crippen LogP contribution in [0.1, 0.15) is 31.9 Å². The van der Waals surface area contributed by atoms with Crippen LogP contribution in [0.4, 0.5) is 10.1 Å². The van der Waals surface area contributed by atoms with Crippen LogP contribution in [0, 0.1) is 5.82 Å². The average molecular weight is 540 g/mol. The fourth-order valence-electron chi connectivity index (χ4n) is 3.89. The Morgan fingerprint density at radius 1 is 1.34 bits per heavy atom. The SMILES string of the molecule is CCn1cc(S(=O)(=O)N2CC([C@H](C)O)Oc3ccc(C=C(C)c4c(F)cccc4Cl)cc32)c(Cl)n1. The highest BCUT2D eigenvalue weighted by Crippen LogP contribution is 2.40. The summed E-state index contributed by atoms with van der Waals surface area (Å²) in [5.74, 6) is -0.178. The largest absolute Gasteiger partial charge is 0.484 e. The van der Waals surface area contributed by atoms with Gasteiger partial charge in [-0.25, -0.2) is 12.8 Å². The van der Waals surface area contributed by atoms with Gasteiger partial charge in [0, 0.05) is 18.3 Å². The van der Waals surface area contributed by atoms with Crippen molar-refractivity contribution in [2.45, 2.75) is 44.4 Å². The zero-order valence-electron chi connectivity index (χ0n) is 19.2. The van der Waals surface area contributed by atoms with Gasteiger partial charge < -0.3 is 9.84 Å². The molecule has 186 valence electrons. The standard InChI is InChI=1S/C24H24Cl2FN3O4S/c1-4-29-13-22(24(26)28-29)35(32,33)30-12-21(15(3)31)34-20-9-8-16(11-19(20)30)10-14(2)23-17(25)6-5-7-18(23)27/h5-11,13,15,21,31H,4,12H2,1-3H3/t15-,21?/m0/s1. The molecule has 1 aliphatic heterocycles. The monoisotopic (exact) mass is 539 g/mol. The van der Waals surface area contributed by atoms with Crippen molar-refractivity contribution in [1.82, 2.24) is 9.78 Å². The summed E-state index contributed by atoms with van der Waals surface area (Å²) in [6, 6.07) is 9.41. The minimum Gasteiger partial charge on any atom is -0.484 e. The molecule has 1 aromatic heterocycles. The summed E-state index contributed by atoms with van der Waals surface area (Å²) < 4.78 is 50.2. The number of aromatic nitrogens is 2. The number of hydrogen-bond acceptors (Lipinski definition) is 5. The van der Waals surface area contributed by atoms with Crippen LogP contribution in [0.25, 0.3) is 11.6 Å². The number of fused-ring (bicyclic) bond motifs is 1. The molecule has 0 amide bonds. The molecule has 4 rings (SSSR count). The predicted molar refractivity (Wildman–Crippen MR) is 135 cm³/mol. The lowest BCUT2D eigenvalue weighted by molar-refractivity contribution is 0.0503. The molecular formula is C24H24Cl2FN3O4S. The minimum atomic E-state index is -4.15. The van der Waals surface area contributed by atoms with E-state index in [1.807, 2.05) is 6.92 Å². The predicted octanol–water partition coefficient (Wildman–Crippen LogP) is 5.25. The van der Waals surface area contributed by atoms with E-state index in [-0.39, 0.29) is 38.6 Å². The Labute approximate surface area is 213 Å². The van der Waals surface area contributed by atoms with Crippen LogP contribution in [0.5, 0.6) is 5.75 Å². The lowest BCUT2D eigenvalue weighted by Crippen LogP contribution is -2.47. The van der Waals surface area contributed by atoms with Crippen molar-refractivity contribution < 1.29 is 22.7 Å². The number of nitrogens with zero attached hydrogens (tertiary/aromatic N) is 3. The van der Waals surface area contributed by atoms with E-state index in [9.17, 15) is 17.9 Å². The summed E-state index contributed by atoms with van der Waals surface area (Å²) in [6.45, 7) is 5.37. The van der Waals surface area contributed by atoms with Gasteiger partial charge >= 0.3 is 0 Å². The van der Waals surface area contributed by atoms with E-state index in [0.29, 0.717) is 17.7 Å². The average Bonchev–Trinajstić information content (AvgIpc) is 3.19. The van der Waals surface area contributed by atoms with Crippen molar-refractivity contribution in [3.8, 4) is 5.75 Å². The van der Waals surface area contributed by atoms with Gasteiger partial charge in [-0.1, -0.05) is 41.4 Å². The first-order chi connectivity index (χ1) is 16.5. The van der Waals surface area contributed by atoms with E-state index in [1.54, 1.807) is 37.3 Å². The molecule has 1 N–H and O–H groups in total. The number of benzene rings is 2. The third-order valence-corrected chi connectivity index (χ3v) is 8.22. The number of halogens is 3. The Hall–Kier alpha value is -2.59. The van der Waals surface area contributed by atoms with Crippen molar-refractivity contribution >= 4 is 50.6 Å². The lowest BCUT2D eigenvalue weighted by Gasteiger charge is -2.36. The molecule has 0 saturated heterocycles. The fraction of sp³-hybridized carbons (Fsp3) is 0.292. The summed E-state index contributed by atoms with van der Waals surface area (Å²) in [6.07, 6.45) is 1.36. The van der Waals surface area contributed by atoms with Crippen LogP contribution in [0.3, 0.4) is 0 Å². The van der Waals surface area contributed by atoms with Crippen molar-refractivity contribution in [3.05, 3.63) is 69.7 Å². The van der Waals surface area contributed by atoms with Gasteiger partial charge in [-0.3, -0.25) is 8.99 Å². The Balaban J connectivity index is 1.82. The summed E-state index contributed by atoms with van der Waals surface area (Å²) in [4.78, 5) is -0.145. The minimum absolute atomic E-state index is 0.133. The number of allylic oxidation sites excluding steroid dienone is 1. The molecular weight excluding hydrogens is 516 g/mol. The molecule has 0 spiro atoms. The Kier molecular flexibility index (Phi) is 7.15. The molecule has 7 nitrogen and oxygen atoms in total. The maximum atomic E-state index is 14.4. The van der Waals surface area contributed by atoms with E-state index in [1.165, 1.54) is 29.9 Å². The molecule has 0 aliphatic carbocycles. The van der Waals surface area contributed by atoms with Crippen LogP contribution in [0.2, 0.25) is 10.2 Å². The zero-order chi connectivity index (χ0) is 25.5. The van der Waals surface area contributed by atoms with Gasteiger partial charge in [-0.2, -0.15) is 5.10 Å². The van der Waals surface area contributed by atoms with E-state index in [0.717, 1.165) is 4.31 Å². The van der Waals surface area contributed by atoms with E-state index in [4.69, 9.17) is 27.9 Å². The molecule has 11 heteroatoms. The molecule has 3 aromatic rings. The molecule has 0 bridgehead atoms. The van der Waals surface area contributed by atoms with Crippen molar-refractivity contribution in [2.24, 2.45) is 0 Å². The first-order valence-electron chi connectivity index (χ1n) is 10.9. The molecule has 0 saturated carbocycles. The number of rotatable bonds is 6. The Morgan fingerprint density at radius 3 is 2.71 bits per heavy atom. The summed E-state index contributed by atoms with van der Waals surface area (Å²) in [7, 11) is -4.15. The van der Waals surface area contributed by atoms with Gasteiger partial charge in [0.25, 0.3) is 10.0 Å². The van der Waals surface area contributed by atoms with E-state index >= 15 is 0 Å². The van der Waals surface area contributed by atoms with Crippen LogP contribution in [0.15, 0.2) is 47.5 Å². The number of ether oxygens (including phenoxy) is 1. The first-order valence-corrected chi connectivity index (χ1v) is 13.1. The maximum Gasteiger partial charge on any atom is 0.269 e. The van der Waals surface area contributed by atoms with Gasteiger partial charge in [-0.05, 0) is 56.2 Å². The highest BCUT2D eigenvalue weighted by molar-refractivity contribution is 7.93. The summed E-state index contributed by atoms with van der Waals surface area (Å²) >= 11 is 12.4. The maximum absolute atomic E-state index is 14.4. The number of hydrogen-bond donors (Lipinski definition) is 1. The van der Waals surface area contributed by atoms with Gasteiger partial charge in [-0.15, -0.1) is 0 Å². The van der Waals surface area contributed by atoms with Gasteiger partial charge in [0.05, 0.1) is 23.4 Å². The second kappa shape index (κ2) is 9.81. The van der Waals surface area contributed by atoms with Gasteiger partial charge in [0.2, 0.25) is 0 Å². The van der Waals surface area contributed by atoms with Crippen molar-refractivity contribution in [3.63, 3.8) is 0 Å². The lowest BCUT2D eigenvalue weighted by atomic mass is 10.0. The third-order valence-electron chi connectivity index (χ3n) is 5.73. The normalized spacial score (nSPS) is 17.2. The van der Waals surface area contributed by atoms with Gasteiger partial charge in [0.15, 0.2) is 5.15 Å². The van der Waals surface area contributed by atoms with Crippen LogP contribution in [-0.4, -0.2) is 42.1 Å². The summed E-state index contributed by atoms with van der Waals surface area (Å²) in [5, 5.41) is 14.3. The number of aryl methyl sites for hydroxylation is 1. The second-order valence-corrected chi connectivity index (χ2v) is 10.8. The highest BCUT2D eigenvalue weighted by Gasteiger charge is 2.38. The topological polar surface area (TPSA) is 84.7 Å². The fourth-order valence-corrected chi connectivity index (χ4v) is 6.13. The number of anilines is 1. The van der Waals surface area contributed by atoms with Crippen molar-refractivity contribution in [2.75, 3.05) is 10.8 Å². The summed E-state index contributed by atoms with van der Waals surface area (Å²) in [5.41, 5.74) is 1.70. The molecule has 1 aliphatic rings. The Bertz CT molecular complexity index is 1390. The molecule has 0 fully saturated rings. The van der Waals surface area contributed by atoms with E-state index in [2.05, 4.69) is 5.10 Å². The van der Waals surface area contributed by atoms with Gasteiger partial charge in [0.1, 0.15) is 22.6 Å². The molecule has 2 atom stereocenters. The molecule has 35 heavy (non-hydrogen) atoms. The number of aliphatic hydroxyl groups is 1. The second-order valence-electron chi connectivity index (χ2n) is 8.22. The highest BCUT2D eigenvalue weighted by atomic mass is 35.5. The number of aliphatic hydroxyl groups excluding tert-OH is 1. The van der Waals surface area contributed by atoms with Crippen LogP contribution in [-0.2, 0) is 16.6 Å². The Morgan fingerprint density at radius 2 is 2.09 bits per heavy atom. The van der Waals surface area contributed by atoms with E-state index < -0.39 is 28.0 Å². The molecule has 2 aromatic carbocycles. The third kappa shape index (κ3) is 4.91. The first kappa shape index (κ1) is 25.5. The zero-order valence-corrected chi connectivity index (χ0v) is 21.6. The molecule has 1 unspecified atom stereocenters.